The minimum atomic E-state index is -0.769. The average molecular weight is 487 g/mol. The van der Waals surface area contributed by atoms with Gasteiger partial charge in [0.15, 0.2) is 0 Å². The Balaban J connectivity index is 1.32. The number of hydrogen-bond acceptors (Lipinski definition) is 6. The second kappa shape index (κ2) is 10.4. The van der Waals surface area contributed by atoms with Crippen LogP contribution in [-0.4, -0.2) is 36.9 Å². The van der Waals surface area contributed by atoms with Gasteiger partial charge in [0, 0.05) is 35.2 Å². The molecule has 0 spiro atoms. The smallest absolute Gasteiger partial charge is 0.248 e. The summed E-state index contributed by atoms with van der Waals surface area (Å²) in [5, 5.41) is 15.4. The van der Waals surface area contributed by atoms with Crippen LogP contribution in [0.4, 0.5) is 0 Å². The molecule has 0 bridgehead atoms. The molecule has 0 radical (unpaired) electrons. The molecule has 0 aliphatic heterocycles. The van der Waals surface area contributed by atoms with E-state index in [0.29, 0.717) is 24.4 Å². The minimum Gasteiger partial charge on any atom is -0.496 e. The molecule has 1 aromatic heterocycles. The summed E-state index contributed by atoms with van der Waals surface area (Å²) < 4.78 is 17.1. The maximum absolute atomic E-state index is 12.1. The summed E-state index contributed by atoms with van der Waals surface area (Å²) in [6.07, 6.45) is 0.819. The largest absolute Gasteiger partial charge is 0.496 e. The Kier molecular flexibility index (Phi) is 6.93. The topological polar surface area (TPSA) is 92.8 Å². The molecule has 0 amide bonds. The van der Waals surface area contributed by atoms with Gasteiger partial charge in [-0.05, 0) is 48.2 Å². The predicted octanol–water partition coefficient (Wildman–Crippen LogP) is 3.91. The van der Waals surface area contributed by atoms with Crippen molar-refractivity contribution in [3.8, 4) is 17.2 Å². The number of methoxy groups -OCH3 is 2. The van der Waals surface area contributed by atoms with Crippen LogP contribution in [0.2, 0.25) is 0 Å². The molecule has 1 aliphatic carbocycles. The number of aromatic amines is 1. The summed E-state index contributed by atoms with van der Waals surface area (Å²) in [6.45, 7) is 0.743. The maximum atomic E-state index is 12.1. The van der Waals surface area contributed by atoms with E-state index in [0.717, 1.165) is 52.0 Å². The van der Waals surface area contributed by atoms with Crippen LogP contribution >= 0.6 is 0 Å². The summed E-state index contributed by atoms with van der Waals surface area (Å²) in [6, 6.07) is 20.7. The highest BCUT2D eigenvalue weighted by molar-refractivity contribution is 5.87. The quantitative estimate of drug-likeness (QED) is 0.332. The molecule has 5 rings (SSSR count). The number of aromatic nitrogens is 1. The van der Waals surface area contributed by atoms with Crippen LogP contribution in [-0.2, 0) is 19.4 Å². The van der Waals surface area contributed by atoms with Crippen molar-refractivity contribution in [1.29, 1.82) is 0 Å². The van der Waals surface area contributed by atoms with E-state index >= 15 is 0 Å². The van der Waals surface area contributed by atoms with E-state index in [1.807, 2.05) is 48.5 Å². The number of hydrogen-bond donors (Lipinski definition) is 3. The molecule has 3 aromatic carbocycles. The molecule has 7 nitrogen and oxygen atoms in total. The second-order valence-corrected chi connectivity index (χ2v) is 8.99. The lowest BCUT2D eigenvalue weighted by atomic mass is 10.0. The second-order valence-electron chi connectivity index (χ2n) is 8.99. The normalized spacial score (nSPS) is 14.0. The van der Waals surface area contributed by atoms with Crippen molar-refractivity contribution < 1.29 is 19.3 Å². The van der Waals surface area contributed by atoms with Crippen molar-refractivity contribution >= 4 is 10.9 Å². The first-order chi connectivity index (χ1) is 17.6. The van der Waals surface area contributed by atoms with Gasteiger partial charge in [-0.15, -0.1) is 0 Å². The van der Waals surface area contributed by atoms with Crippen LogP contribution in [0.15, 0.2) is 71.5 Å². The third-order valence-electron chi connectivity index (χ3n) is 6.77. The van der Waals surface area contributed by atoms with Gasteiger partial charge in [0.05, 0.1) is 25.8 Å². The number of nitrogens with one attached hydrogen (secondary N) is 2. The van der Waals surface area contributed by atoms with Crippen molar-refractivity contribution in [2.24, 2.45) is 0 Å². The highest BCUT2D eigenvalue weighted by Gasteiger charge is 2.28. The van der Waals surface area contributed by atoms with Crippen LogP contribution in [0.5, 0.6) is 17.2 Å². The molecule has 186 valence electrons. The highest BCUT2D eigenvalue weighted by Crippen LogP contribution is 2.37. The molecular formula is C29H30N2O5. The van der Waals surface area contributed by atoms with Gasteiger partial charge < -0.3 is 29.6 Å². The number of aliphatic hydroxyl groups excluding tert-OH is 1. The maximum Gasteiger partial charge on any atom is 0.248 e. The molecule has 1 heterocycles. The van der Waals surface area contributed by atoms with Crippen LogP contribution in [0.25, 0.3) is 10.9 Å². The third-order valence-corrected chi connectivity index (χ3v) is 6.77. The summed E-state index contributed by atoms with van der Waals surface area (Å²) in [7, 11) is 3.35. The number of aliphatic hydroxyl groups is 1. The van der Waals surface area contributed by atoms with Gasteiger partial charge >= 0.3 is 0 Å². The third kappa shape index (κ3) is 4.80. The Morgan fingerprint density at radius 2 is 1.58 bits per heavy atom. The Morgan fingerprint density at radius 3 is 2.25 bits per heavy atom. The summed E-state index contributed by atoms with van der Waals surface area (Å²) in [5.74, 6) is 2.29. The van der Waals surface area contributed by atoms with Gasteiger partial charge in [0.1, 0.15) is 23.9 Å². The molecule has 1 aliphatic rings. The average Bonchev–Trinajstić information content (AvgIpc) is 3.34. The Hall–Kier alpha value is -3.81. The first kappa shape index (κ1) is 23.9. The summed E-state index contributed by atoms with van der Waals surface area (Å²) >= 11 is 0. The van der Waals surface area contributed by atoms with Gasteiger partial charge in [-0.25, -0.2) is 0 Å². The molecule has 1 atom stereocenters. The predicted molar refractivity (Wildman–Crippen MR) is 139 cm³/mol. The molecule has 1 unspecified atom stereocenters. The van der Waals surface area contributed by atoms with Crippen molar-refractivity contribution in [3.63, 3.8) is 0 Å². The number of rotatable bonds is 9. The van der Waals surface area contributed by atoms with E-state index in [-0.39, 0.29) is 11.6 Å². The van der Waals surface area contributed by atoms with E-state index in [2.05, 4.69) is 10.3 Å². The van der Waals surface area contributed by atoms with Crippen LogP contribution < -0.4 is 25.1 Å². The molecule has 7 heteroatoms. The standard InChI is InChI=1S/C29H30N2O5/c1-34-25-11-12-26(35-2)23-15-19(14-22(23)25)30-16-24(32)20-8-10-27(29-21(20)9-13-28(33)31-29)36-17-18-6-4-3-5-7-18/h3-13,19,24,30,32H,14-17H2,1-2H3,(H,31,33). The van der Waals surface area contributed by atoms with E-state index in [1.165, 1.54) is 6.07 Å². The number of H-pyrrole nitrogens is 1. The lowest BCUT2D eigenvalue weighted by molar-refractivity contribution is 0.171. The van der Waals surface area contributed by atoms with Gasteiger partial charge in [0.25, 0.3) is 0 Å². The van der Waals surface area contributed by atoms with Crippen LogP contribution in [0.3, 0.4) is 0 Å². The number of benzene rings is 3. The summed E-state index contributed by atoms with van der Waals surface area (Å²) in [5.41, 5.74) is 4.41. The monoisotopic (exact) mass is 486 g/mol. The fraction of sp³-hybridized carbons (Fsp3) is 0.276. The SMILES string of the molecule is COc1ccc(OC)c2c1CC(NCC(O)c1ccc(OCc3ccccc3)c3[nH]c(=O)ccc13)C2. The Labute approximate surface area is 209 Å². The molecule has 0 saturated carbocycles. The van der Waals surface area contributed by atoms with Crippen LogP contribution in [0, 0.1) is 0 Å². The molecule has 3 N–H and O–H groups in total. The number of pyridine rings is 1. The van der Waals surface area contributed by atoms with Crippen molar-refractivity contribution in [2.45, 2.75) is 31.6 Å². The zero-order valence-corrected chi connectivity index (χ0v) is 20.4. The fourth-order valence-electron chi connectivity index (χ4n) is 4.97. The lowest BCUT2D eigenvalue weighted by Gasteiger charge is -2.19. The molecule has 0 saturated heterocycles. The van der Waals surface area contributed by atoms with Crippen molar-refractivity contribution in [1.82, 2.24) is 10.3 Å². The fourth-order valence-corrected chi connectivity index (χ4v) is 4.97. The zero-order valence-electron chi connectivity index (χ0n) is 20.4. The van der Waals surface area contributed by atoms with Crippen molar-refractivity contribution in [2.75, 3.05) is 20.8 Å². The van der Waals surface area contributed by atoms with Gasteiger partial charge in [-0.2, -0.15) is 0 Å². The van der Waals surface area contributed by atoms with Gasteiger partial charge in [-0.1, -0.05) is 36.4 Å². The van der Waals surface area contributed by atoms with Crippen molar-refractivity contribution in [3.05, 3.63) is 99.3 Å². The summed E-state index contributed by atoms with van der Waals surface area (Å²) in [4.78, 5) is 15.0. The first-order valence-electron chi connectivity index (χ1n) is 12.0. The highest BCUT2D eigenvalue weighted by atomic mass is 16.5. The Bertz CT molecular complexity index is 1380. The zero-order chi connectivity index (χ0) is 25.1. The Morgan fingerprint density at radius 1 is 0.917 bits per heavy atom. The van der Waals surface area contributed by atoms with E-state index in [1.54, 1.807) is 26.4 Å². The van der Waals surface area contributed by atoms with Gasteiger partial charge in [-0.3, -0.25) is 4.79 Å². The molecule has 0 fully saturated rings. The van der Waals surface area contributed by atoms with E-state index in [9.17, 15) is 9.90 Å². The van der Waals surface area contributed by atoms with Gasteiger partial charge in [0.2, 0.25) is 5.56 Å². The minimum absolute atomic E-state index is 0.152. The molecule has 36 heavy (non-hydrogen) atoms. The van der Waals surface area contributed by atoms with E-state index in [4.69, 9.17) is 14.2 Å². The first-order valence-corrected chi connectivity index (χ1v) is 12.0. The molecular weight excluding hydrogens is 456 g/mol. The lowest BCUT2D eigenvalue weighted by Crippen LogP contribution is -2.33. The van der Waals surface area contributed by atoms with Crippen LogP contribution in [0.1, 0.15) is 28.4 Å². The number of fused-ring (bicyclic) bond motifs is 2. The van der Waals surface area contributed by atoms with E-state index < -0.39 is 6.10 Å². The number of ether oxygens (including phenoxy) is 3. The molecule has 4 aromatic rings.